The number of carbonyl (C=O) groups is 2. The Bertz CT molecular complexity index is 734. The number of hydrogen-bond acceptors (Lipinski definition) is 4. The molecule has 7 heteroatoms. The van der Waals surface area contributed by atoms with E-state index in [2.05, 4.69) is 5.32 Å². The van der Waals surface area contributed by atoms with Gasteiger partial charge >= 0.3 is 0 Å². The molecule has 2 amide bonds. The van der Waals surface area contributed by atoms with Crippen molar-refractivity contribution in [3.05, 3.63) is 41.3 Å². The second-order valence-electron chi connectivity index (χ2n) is 5.73. The number of rotatable bonds is 6. The van der Waals surface area contributed by atoms with E-state index >= 15 is 0 Å². The topological polar surface area (TPSA) is 83.6 Å². The summed E-state index contributed by atoms with van der Waals surface area (Å²) in [5.74, 6) is -0.583. The molecule has 24 heavy (non-hydrogen) atoms. The molecule has 1 aliphatic rings. The van der Waals surface area contributed by atoms with E-state index in [1.807, 2.05) is 13.8 Å². The van der Waals surface area contributed by atoms with Crippen LogP contribution >= 0.6 is 0 Å². The Kier molecular flexibility index (Phi) is 5.77. The van der Waals surface area contributed by atoms with Crippen molar-refractivity contribution >= 4 is 27.3 Å². The predicted octanol–water partition coefficient (Wildman–Crippen LogP) is 2.06. The van der Waals surface area contributed by atoms with Gasteiger partial charge in [-0.25, -0.2) is 8.42 Å². The second-order valence-corrected chi connectivity index (χ2v) is 7.66. The average molecular weight is 350 g/mol. The van der Waals surface area contributed by atoms with Gasteiger partial charge < -0.3 is 10.2 Å². The van der Waals surface area contributed by atoms with Crippen LogP contribution in [0.1, 0.15) is 30.6 Å². The summed E-state index contributed by atoms with van der Waals surface area (Å²) in [5.41, 5.74) is 1.16. The van der Waals surface area contributed by atoms with Gasteiger partial charge in [0.15, 0.2) is 9.84 Å². The Morgan fingerprint density at radius 3 is 2.29 bits per heavy atom. The monoisotopic (exact) mass is 350 g/mol. The summed E-state index contributed by atoms with van der Waals surface area (Å²) in [4.78, 5) is 25.9. The summed E-state index contributed by atoms with van der Waals surface area (Å²) in [7, 11) is -3.15. The smallest absolute Gasteiger partial charge is 0.253 e. The fourth-order valence-corrected chi connectivity index (χ4v) is 4.01. The number of carbonyl (C=O) groups excluding carboxylic acids is 2. The molecule has 1 unspecified atom stereocenters. The highest BCUT2D eigenvalue weighted by molar-refractivity contribution is 7.94. The summed E-state index contributed by atoms with van der Waals surface area (Å²) in [6.07, 6.45) is 1.68. The molecule has 1 heterocycles. The number of anilines is 1. The zero-order valence-electron chi connectivity index (χ0n) is 13.9. The minimum atomic E-state index is -3.15. The van der Waals surface area contributed by atoms with E-state index in [1.54, 1.807) is 35.2 Å². The number of allylic oxidation sites excluding steroid dienone is 1. The summed E-state index contributed by atoms with van der Waals surface area (Å²) in [6, 6.07) is 6.71. The Hall–Kier alpha value is -2.15. The van der Waals surface area contributed by atoms with Crippen molar-refractivity contribution in [3.8, 4) is 0 Å². The van der Waals surface area contributed by atoms with E-state index in [0.29, 0.717) is 24.3 Å². The third kappa shape index (κ3) is 4.67. The van der Waals surface area contributed by atoms with E-state index in [-0.39, 0.29) is 29.9 Å². The van der Waals surface area contributed by atoms with Crippen molar-refractivity contribution in [2.24, 2.45) is 5.92 Å². The van der Waals surface area contributed by atoms with Crippen LogP contribution in [0, 0.1) is 5.92 Å². The number of benzene rings is 1. The van der Waals surface area contributed by atoms with Crippen LogP contribution < -0.4 is 5.32 Å². The summed E-state index contributed by atoms with van der Waals surface area (Å²) in [5, 5.41) is 3.89. The van der Waals surface area contributed by atoms with Gasteiger partial charge in [-0.15, -0.1) is 0 Å². The van der Waals surface area contributed by atoms with Crippen molar-refractivity contribution in [2.75, 3.05) is 24.2 Å². The molecular formula is C17H22N2O4S. The standard InChI is InChI=1S/C17H22N2O4S/c1-3-19(4-2)17(21)14-5-7-15(8-6-14)18-16(20)11-13-9-10-24(22,23)12-13/h5-10,13H,3-4,11-12H2,1-2H3,(H,18,20). The Morgan fingerprint density at radius 2 is 1.79 bits per heavy atom. The van der Waals surface area contributed by atoms with Crippen molar-refractivity contribution in [1.29, 1.82) is 0 Å². The zero-order chi connectivity index (χ0) is 17.7. The van der Waals surface area contributed by atoms with Crippen molar-refractivity contribution in [3.63, 3.8) is 0 Å². The first-order valence-electron chi connectivity index (χ1n) is 7.94. The van der Waals surface area contributed by atoms with Gasteiger partial charge in [-0.1, -0.05) is 6.08 Å². The molecule has 1 N–H and O–H groups in total. The van der Waals surface area contributed by atoms with Crippen LogP contribution in [0.25, 0.3) is 0 Å². The van der Waals surface area contributed by atoms with Gasteiger partial charge in [0.1, 0.15) is 0 Å². The van der Waals surface area contributed by atoms with Gasteiger partial charge in [0.2, 0.25) is 5.91 Å². The predicted molar refractivity (Wildman–Crippen MR) is 93.4 cm³/mol. The molecule has 0 fully saturated rings. The van der Waals surface area contributed by atoms with Gasteiger partial charge in [0.25, 0.3) is 5.91 Å². The normalized spacial score (nSPS) is 18.3. The van der Waals surface area contributed by atoms with Gasteiger partial charge in [-0.05, 0) is 38.1 Å². The molecule has 0 spiro atoms. The molecule has 1 aliphatic heterocycles. The van der Waals surface area contributed by atoms with E-state index in [1.165, 1.54) is 5.41 Å². The van der Waals surface area contributed by atoms with E-state index < -0.39 is 9.84 Å². The molecule has 0 saturated carbocycles. The molecule has 1 atom stereocenters. The number of amides is 2. The number of sulfone groups is 1. The highest BCUT2D eigenvalue weighted by Gasteiger charge is 2.23. The van der Waals surface area contributed by atoms with Crippen LogP contribution in [-0.2, 0) is 14.6 Å². The molecule has 0 aliphatic carbocycles. The molecule has 2 rings (SSSR count). The maximum absolute atomic E-state index is 12.2. The van der Waals surface area contributed by atoms with Crippen molar-refractivity contribution in [2.45, 2.75) is 20.3 Å². The average Bonchev–Trinajstić information content (AvgIpc) is 2.87. The van der Waals surface area contributed by atoms with Crippen LogP contribution in [0.3, 0.4) is 0 Å². The maximum atomic E-state index is 12.2. The first-order chi connectivity index (χ1) is 11.3. The number of nitrogens with one attached hydrogen (secondary N) is 1. The first-order valence-corrected chi connectivity index (χ1v) is 9.66. The number of hydrogen-bond donors (Lipinski definition) is 1. The highest BCUT2D eigenvalue weighted by Crippen LogP contribution is 2.19. The third-order valence-electron chi connectivity index (χ3n) is 3.92. The van der Waals surface area contributed by atoms with Crippen LogP contribution in [0.2, 0.25) is 0 Å². The van der Waals surface area contributed by atoms with E-state index in [0.717, 1.165) is 0 Å². The van der Waals surface area contributed by atoms with Crippen molar-refractivity contribution < 1.29 is 18.0 Å². The Morgan fingerprint density at radius 1 is 1.17 bits per heavy atom. The third-order valence-corrected chi connectivity index (χ3v) is 5.38. The van der Waals surface area contributed by atoms with Crippen LogP contribution in [-0.4, -0.2) is 44.0 Å². The minimum Gasteiger partial charge on any atom is -0.339 e. The molecular weight excluding hydrogens is 328 g/mol. The van der Waals surface area contributed by atoms with Crippen LogP contribution in [0.15, 0.2) is 35.7 Å². The molecule has 1 aromatic carbocycles. The largest absolute Gasteiger partial charge is 0.339 e. The maximum Gasteiger partial charge on any atom is 0.253 e. The van der Waals surface area contributed by atoms with Gasteiger partial charge in [0.05, 0.1) is 5.75 Å². The van der Waals surface area contributed by atoms with Gasteiger partial charge in [-0.3, -0.25) is 9.59 Å². The van der Waals surface area contributed by atoms with Gasteiger partial charge in [0, 0.05) is 42.1 Å². The summed E-state index contributed by atoms with van der Waals surface area (Å²) < 4.78 is 22.7. The Labute approximate surface area is 142 Å². The molecule has 130 valence electrons. The molecule has 1 aromatic rings. The molecule has 0 saturated heterocycles. The lowest BCUT2D eigenvalue weighted by Gasteiger charge is -2.18. The zero-order valence-corrected chi connectivity index (χ0v) is 14.7. The molecule has 0 aromatic heterocycles. The van der Waals surface area contributed by atoms with E-state index in [4.69, 9.17) is 0 Å². The van der Waals surface area contributed by atoms with Crippen molar-refractivity contribution in [1.82, 2.24) is 4.90 Å². The number of nitrogens with zero attached hydrogens (tertiary/aromatic N) is 1. The van der Waals surface area contributed by atoms with Crippen LogP contribution in [0.5, 0.6) is 0 Å². The summed E-state index contributed by atoms with van der Waals surface area (Å²) >= 11 is 0. The summed E-state index contributed by atoms with van der Waals surface area (Å²) in [6.45, 7) is 5.14. The second kappa shape index (κ2) is 7.61. The fourth-order valence-electron chi connectivity index (χ4n) is 2.61. The van der Waals surface area contributed by atoms with Crippen LogP contribution in [0.4, 0.5) is 5.69 Å². The highest BCUT2D eigenvalue weighted by atomic mass is 32.2. The molecule has 0 bridgehead atoms. The van der Waals surface area contributed by atoms with Gasteiger partial charge in [-0.2, -0.15) is 0 Å². The first kappa shape index (κ1) is 18.2. The molecule has 6 nitrogen and oxygen atoms in total. The van der Waals surface area contributed by atoms with E-state index in [9.17, 15) is 18.0 Å². The lowest BCUT2D eigenvalue weighted by molar-refractivity contribution is -0.116. The lowest BCUT2D eigenvalue weighted by Crippen LogP contribution is -2.30. The Balaban J connectivity index is 1.93. The lowest BCUT2D eigenvalue weighted by atomic mass is 10.1. The fraction of sp³-hybridized carbons (Fsp3) is 0.412. The SMILES string of the molecule is CCN(CC)C(=O)c1ccc(NC(=O)CC2C=CS(=O)(=O)C2)cc1. The quantitative estimate of drug-likeness (QED) is 0.851. The molecule has 0 radical (unpaired) electrons. The minimum absolute atomic E-state index is 0.0161.